The quantitative estimate of drug-likeness (QED) is 0.752. The van der Waals surface area contributed by atoms with Gasteiger partial charge < -0.3 is 9.88 Å². The van der Waals surface area contributed by atoms with Crippen LogP contribution in [0.15, 0.2) is 18.3 Å². The van der Waals surface area contributed by atoms with Crippen molar-refractivity contribution in [2.75, 3.05) is 25.2 Å². The topological polar surface area (TPSA) is 42.0 Å². The van der Waals surface area contributed by atoms with Crippen LogP contribution in [0.5, 0.6) is 0 Å². The lowest BCUT2D eigenvalue weighted by atomic mass is 10.4. The van der Waals surface area contributed by atoms with Crippen LogP contribution in [0, 0.1) is 0 Å². The van der Waals surface area contributed by atoms with Crippen molar-refractivity contribution in [3.8, 4) is 0 Å². The molecule has 13 heavy (non-hydrogen) atoms. The summed E-state index contributed by atoms with van der Waals surface area (Å²) >= 11 is 0. The molecule has 1 aromatic heterocycles. The van der Waals surface area contributed by atoms with Gasteiger partial charge in [0.1, 0.15) is 13.0 Å². The molecular weight excluding hydrogens is 183 g/mol. The van der Waals surface area contributed by atoms with Crippen molar-refractivity contribution in [3.63, 3.8) is 0 Å². The van der Waals surface area contributed by atoms with E-state index in [0.717, 1.165) is 17.7 Å². The van der Waals surface area contributed by atoms with E-state index in [1.54, 1.807) is 19.5 Å². The van der Waals surface area contributed by atoms with Crippen molar-refractivity contribution in [3.05, 3.63) is 18.3 Å². The maximum absolute atomic E-state index is 11.8. The van der Waals surface area contributed by atoms with Crippen molar-refractivity contribution in [1.29, 1.82) is 0 Å². The number of nitrogens with one attached hydrogen (secondary N) is 1. The summed E-state index contributed by atoms with van der Waals surface area (Å²) in [6.45, 7) is 6.30. The summed E-state index contributed by atoms with van der Waals surface area (Å²) in [5, 5.41) is 3.93. The van der Waals surface area contributed by atoms with Gasteiger partial charge in [-0.15, -0.1) is 0 Å². The molecule has 0 saturated heterocycles. The summed E-state index contributed by atoms with van der Waals surface area (Å²) in [7, 11) is -2.21. The van der Waals surface area contributed by atoms with Crippen molar-refractivity contribution < 1.29 is 4.57 Å². The summed E-state index contributed by atoms with van der Waals surface area (Å²) in [4.78, 5) is 4.15. The zero-order chi connectivity index (χ0) is 9.90. The van der Waals surface area contributed by atoms with Gasteiger partial charge in [-0.3, -0.25) is 0 Å². The minimum absolute atomic E-state index is 0.748. The highest BCUT2D eigenvalue weighted by Crippen LogP contribution is 2.36. The van der Waals surface area contributed by atoms with Gasteiger partial charge in [-0.2, -0.15) is 0 Å². The summed E-state index contributed by atoms with van der Waals surface area (Å²) in [5.74, 6) is 0.748. The SMILES string of the molecule is CCNc1ncccc1P(C)(C)=O. The Morgan fingerprint density at radius 1 is 1.54 bits per heavy atom. The van der Waals surface area contributed by atoms with Crippen molar-refractivity contribution in [1.82, 2.24) is 4.98 Å². The van der Waals surface area contributed by atoms with Crippen LogP contribution in [0.25, 0.3) is 0 Å². The fraction of sp³-hybridized carbons (Fsp3) is 0.444. The van der Waals surface area contributed by atoms with E-state index in [-0.39, 0.29) is 0 Å². The second-order valence-corrected chi connectivity index (χ2v) is 6.44. The maximum atomic E-state index is 11.8. The van der Waals surface area contributed by atoms with Crippen LogP contribution in [-0.2, 0) is 4.57 Å². The Kier molecular flexibility index (Phi) is 3.10. The number of rotatable bonds is 3. The van der Waals surface area contributed by atoms with Crippen molar-refractivity contribution in [2.24, 2.45) is 0 Å². The van der Waals surface area contributed by atoms with Crippen LogP contribution in [0.3, 0.4) is 0 Å². The van der Waals surface area contributed by atoms with Crippen LogP contribution < -0.4 is 10.6 Å². The van der Waals surface area contributed by atoms with Gasteiger partial charge in [0.25, 0.3) is 0 Å². The average molecular weight is 198 g/mol. The average Bonchev–Trinajstić information content (AvgIpc) is 2.04. The number of hydrogen-bond acceptors (Lipinski definition) is 3. The highest BCUT2D eigenvalue weighted by Gasteiger charge is 2.15. The lowest BCUT2D eigenvalue weighted by Crippen LogP contribution is -2.13. The Morgan fingerprint density at radius 2 is 2.23 bits per heavy atom. The first-order valence-corrected chi connectivity index (χ1v) is 6.90. The van der Waals surface area contributed by atoms with Gasteiger partial charge in [0, 0.05) is 12.7 Å². The molecule has 4 heteroatoms. The van der Waals surface area contributed by atoms with Crippen LogP contribution in [0.2, 0.25) is 0 Å². The molecule has 0 saturated carbocycles. The van der Waals surface area contributed by atoms with Crippen molar-refractivity contribution >= 4 is 18.3 Å². The molecule has 0 atom stereocenters. The van der Waals surface area contributed by atoms with Crippen LogP contribution in [0.4, 0.5) is 5.82 Å². The number of nitrogens with zero attached hydrogens (tertiary/aromatic N) is 1. The Hall–Kier alpha value is -0.820. The first-order chi connectivity index (χ1) is 6.05. The van der Waals surface area contributed by atoms with E-state index in [0.29, 0.717) is 0 Å². The predicted octanol–water partition coefficient (Wildman–Crippen LogP) is 1.76. The molecule has 0 aliphatic rings. The largest absolute Gasteiger partial charge is 0.370 e. The molecule has 1 rings (SSSR count). The van der Waals surface area contributed by atoms with Gasteiger partial charge in [0.15, 0.2) is 0 Å². The summed E-state index contributed by atoms with van der Waals surface area (Å²) < 4.78 is 11.8. The predicted molar refractivity (Wildman–Crippen MR) is 57.5 cm³/mol. The van der Waals surface area contributed by atoms with E-state index < -0.39 is 7.14 Å². The van der Waals surface area contributed by atoms with E-state index in [1.165, 1.54) is 0 Å². The van der Waals surface area contributed by atoms with Crippen molar-refractivity contribution in [2.45, 2.75) is 6.92 Å². The molecule has 0 amide bonds. The minimum atomic E-state index is -2.21. The number of aromatic nitrogens is 1. The van der Waals surface area contributed by atoms with E-state index in [9.17, 15) is 4.57 Å². The molecule has 1 aromatic rings. The maximum Gasteiger partial charge on any atom is 0.136 e. The second kappa shape index (κ2) is 3.93. The summed E-state index contributed by atoms with van der Waals surface area (Å²) in [6, 6.07) is 3.68. The molecule has 0 bridgehead atoms. The Morgan fingerprint density at radius 3 is 2.77 bits per heavy atom. The molecule has 0 radical (unpaired) electrons. The van der Waals surface area contributed by atoms with E-state index >= 15 is 0 Å². The molecule has 0 fully saturated rings. The molecule has 0 aliphatic carbocycles. The van der Waals surface area contributed by atoms with Gasteiger partial charge in [-0.05, 0) is 32.4 Å². The Balaban J connectivity index is 3.12. The van der Waals surface area contributed by atoms with Crippen LogP contribution >= 0.6 is 7.14 Å². The molecule has 72 valence electrons. The third-order valence-electron chi connectivity index (χ3n) is 1.71. The lowest BCUT2D eigenvalue weighted by Gasteiger charge is -2.12. The van der Waals surface area contributed by atoms with E-state index in [2.05, 4.69) is 10.3 Å². The first-order valence-electron chi connectivity index (χ1n) is 4.30. The van der Waals surface area contributed by atoms with Crippen LogP contribution in [-0.4, -0.2) is 24.9 Å². The molecule has 0 spiro atoms. The molecule has 0 aromatic carbocycles. The number of anilines is 1. The standard InChI is InChI=1S/C9H15N2OP/c1-4-10-9-8(13(2,3)12)6-5-7-11-9/h5-7H,4H2,1-3H3,(H,10,11). The second-order valence-electron chi connectivity index (χ2n) is 3.25. The Bertz CT molecular complexity index is 332. The summed E-state index contributed by atoms with van der Waals surface area (Å²) in [5.41, 5.74) is 0. The molecule has 0 unspecified atom stereocenters. The fourth-order valence-electron chi connectivity index (χ4n) is 1.14. The third kappa shape index (κ3) is 2.56. The minimum Gasteiger partial charge on any atom is -0.370 e. The Labute approximate surface area is 79.0 Å². The number of pyridine rings is 1. The third-order valence-corrected chi connectivity index (χ3v) is 3.23. The number of hydrogen-bond donors (Lipinski definition) is 1. The van der Waals surface area contributed by atoms with Gasteiger partial charge >= 0.3 is 0 Å². The first kappa shape index (κ1) is 10.3. The molecule has 1 heterocycles. The zero-order valence-corrected chi connectivity index (χ0v) is 9.14. The monoisotopic (exact) mass is 198 g/mol. The highest BCUT2D eigenvalue weighted by atomic mass is 31.2. The molecule has 0 aliphatic heterocycles. The van der Waals surface area contributed by atoms with Gasteiger partial charge in [-0.25, -0.2) is 4.98 Å². The van der Waals surface area contributed by atoms with Crippen LogP contribution in [0.1, 0.15) is 6.92 Å². The van der Waals surface area contributed by atoms with E-state index in [1.807, 2.05) is 19.1 Å². The molecule has 1 N–H and O–H groups in total. The lowest BCUT2D eigenvalue weighted by molar-refractivity contribution is 0.588. The zero-order valence-electron chi connectivity index (χ0n) is 8.24. The molecule has 3 nitrogen and oxygen atoms in total. The van der Waals surface area contributed by atoms with E-state index in [4.69, 9.17) is 0 Å². The van der Waals surface area contributed by atoms with Gasteiger partial charge in [0.05, 0.1) is 5.30 Å². The highest BCUT2D eigenvalue weighted by molar-refractivity contribution is 7.70. The molecular formula is C9H15N2OP. The fourth-order valence-corrected chi connectivity index (χ4v) is 2.23. The normalized spacial score (nSPS) is 11.3. The van der Waals surface area contributed by atoms with Gasteiger partial charge in [-0.1, -0.05) is 0 Å². The van der Waals surface area contributed by atoms with Gasteiger partial charge in [0.2, 0.25) is 0 Å². The smallest absolute Gasteiger partial charge is 0.136 e. The summed E-state index contributed by atoms with van der Waals surface area (Å²) in [6.07, 6.45) is 1.71.